The molecule has 0 atom stereocenters. The van der Waals surface area contributed by atoms with Crippen LogP contribution in [0.4, 0.5) is 0 Å². The number of nitrogens with zero attached hydrogens (tertiary/aromatic N) is 1. The average Bonchev–Trinajstić information content (AvgIpc) is 2.38. The maximum atomic E-state index is 9.50. The van der Waals surface area contributed by atoms with Gasteiger partial charge in [0, 0.05) is 12.0 Å². The zero-order chi connectivity index (χ0) is 9.26. The molecule has 13 heavy (non-hydrogen) atoms. The van der Waals surface area contributed by atoms with E-state index in [1.807, 2.05) is 0 Å². The van der Waals surface area contributed by atoms with Crippen molar-refractivity contribution in [3.8, 4) is 12.3 Å². The van der Waals surface area contributed by atoms with E-state index in [9.17, 15) is 5.21 Å². The van der Waals surface area contributed by atoms with Crippen LogP contribution in [0.5, 0.6) is 0 Å². The molecule has 3 heteroatoms. The minimum Gasteiger partial charge on any atom is -0.429 e. The summed E-state index contributed by atoms with van der Waals surface area (Å²) in [6.45, 7) is 1.34. The highest BCUT2D eigenvalue weighted by atomic mass is 16.5. The molecule has 0 aromatic carbocycles. The van der Waals surface area contributed by atoms with Crippen LogP contribution < -0.4 is 0 Å². The van der Waals surface area contributed by atoms with Crippen LogP contribution in [0.25, 0.3) is 0 Å². The highest BCUT2D eigenvalue weighted by Crippen LogP contribution is 2.19. The molecule has 0 bridgehead atoms. The molecule has 0 aliphatic carbocycles. The van der Waals surface area contributed by atoms with Gasteiger partial charge in [-0.2, -0.15) is 4.73 Å². The van der Waals surface area contributed by atoms with E-state index in [0.29, 0.717) is 13.2 Å². The van der Waals surface area contributed by atoms with Crippen LogP contribution in [0, 0.1) is 12.3 Å². The highest BCUT2D eigenvalue weighted by molar-refractivity contribution is 5.43. The van der Waals surface area contributed by atoms with Gasteiger partial charge in [0.15, 0.2) is 0 Å². The van der Waals surface area contributed by atoms with E-state index in [0.717, 1.165) is 34.4 Å². The smallest absolute Gasteiger partial charge is 0.0635 e. The lowest BCUT2D eigenvalue weighted by Crippen LogP contribution is -2.00. The molecule has 0 saturated carbocycles. The average molecular weight is 177 g/mol. The fourth-order valence-corrected chi connectivity index (χ4v) is 1.69. The molecule has 3 nitrogen and oxygen atoms in total. The van der Waals surface area contributed by atoms with Crippen molar-refractivity contribution in [1.29, 1.82) is 0 Å². The Morgan fingerprint density at radius 3 is 3.00 bits per heavy atom. The van der Waals surface area contributed by atoms with Crippen molar-refractivity contribution in [2.75, 3.05) is 13.2 Å². The summed E-state index contributed by atoms with van der Waals surface area (Å²) in [6.07, 6.45) is 8.44. The molecule has 1 N–H and O–H groups in total. The van der Waals surface area contributed by atoms with Crippen molar-refractivity contribution in [2.24, 2.45) is 0 Å². The summed E-state index contributed by atoms with van der Waals surface area (Å²) in [5, 5.41) is 9.50. The molecule has 0 radical (unpaired) electrons. The molecule has 0 unspecified atom stereocenters. The van der Waals surface area contributed by atoms with Crippen LogP contribution >= 0.6 is 0 Å². The Morgan fingerprint density at radius 1 is 1.46 bits per heavy atom. The van der Waals surface area contributed by atoms with Gasteiger partial charge in [0.2, 0.25) is 0 Å². The van der Waals surface area contributed by atoms with Crippen LogP contribution in [0.2, 0.25) is 0 Å². The summed E-state index contributed by atoms with van der Waals surface area (Å²) < 4.78 is 6.42. The lowest BCUT2D eigenvalue weighted by atomic mass is 10.1. The van der Waals surface area contributed by atoms with Gasteiger partial charge in [-0.15, -0.1) is 6.42 Å². The van der Waals surface area contributed by atoms with Crippen molar-refractivity contribution >= 4 is 0 Å². The van der Waals surface area contributed by atoms with Crippen molar-refractivity contribution < 1.29 is 9.94 Å². The summed E-state index contributed by atoms with van der Waals surface area (Å²) >= 11 is 0. The van der Waals surface area contributed by atoms with E-state index >= 15 is 0 Å². The van der Waals surface area contributed by atoms with Crippen molar-refractivity contribution in [2.45, 2.75) is 12.8 Å². The maximum Gasteiger partial charge on any atom is 0.0635 e. The second-order valence-electron chi connectivity index (χ2n) is 3.07. The predicted octanol–water partition coefficient (Wildman–Crippen LogP) is 0.822. The van der Waals surface area contributed by atoms with Crippen LogP contribution in [-0.2, 0) is 17.6 Å². The number of hydrogen-bond donors (Lipinski definition) is 1. The van der Waals surface area contributed by atoms with Crippen LogP contribution in [-0.4, -0.2) is 23.2 Å². The summed E-state index contributed by atoms with van der Waals surface area (Å²) in [5.74, 6) is 2.57. The Hall–Kier alpha value is -1.40. The van der Waals surface area contributed by atoms with Gasteiger partial charge in [0.05, 0.1) is 25.1 Å². The van der Waals surface area contributed by atoms with Gasteiger partial charge in [0.1, 0.15) is 0 Å². The molecule has 1 aromatic heterocycles. The summed E-state index contributed by atoms with van der Waals surface area (Å²) in [4.78, 5) is 0. The fraction of sp³-hybridized carbons (Fsp3) is 0.400. The highest BCUT2D eigenvalue weighted by Gasteiger charge is 2.16. The van der Waals surface area contributed by atoms with E-state index < -0.39 is 0 Å². The standard InChI is InChI=1S/C10H11NO2/c1-2-8-7-11(12)10-4-6-13-5-3-9(8)10/h1,7,12H,3-6H2. The zero-order valence-corrected chi connectivity index (χ0v) is 7.29. The molecule has 2 rings (SSSR count). The monoisotopic (exact) mass is 177 g/mol. The van der Waals surface area contributed by atoms with Crippen LogP contribution in [0.15, 0.2) is 6.20 Å². The second kappa shape index (κ2) is 3.15. The first-order chi connectivity index (χ1) is 6.33. The van der Waals surface area contributed by atoms with Gasteiger partial charge in [0.25, 0.3) is 0 Å². The number of terminal acetylenes is 1. The Labute approximate surface area is 76.9 Å². The lowest BCUT2D eigenvalue weighted by molar-refractivity contribution is 0.137. The largest absolute Gasteiger partial charge is 0.429 e. The summed E-state index contributed by atoms with van der Waals surface area (Å²) in [5.41, 5.74) is 2.73. The Balaban J connectivity index is 2.49. The van der Waals surface area contributed by atoms with Gasteiger partial charge >= 0.3 is 0 Å². The Bertz CT molecular complexity index is 360. The number of rotatable bonds is 0. The van der Waals surface area contributed by atoms with E-state index in [-0.39, 0.29) is 0 Å². The van der Waals surface area contributed by atoms with Crippen molar-refractivity contribution in [1.82, 2.24) is 4.73 Å². The summed E-state index contributed by atoms with van der Waals surface area (Å²) in [7, 11) is 0. The topological polar surface area (TPSA) is 34.4 Å². The molecule has 1 aliphatic heterocycles. The molecule has 1 aromatic rings. The molecule has 2 heterocycles. The number of hydrogen-bond acceptors (Lipinski definition) is 2. The molecule has 0 spiro atoms. The van der Waals surface area contributed by atoms with Gasteiger partial charge < -0.3 is 9.94 Å². The second-order valence-corrected chi connectivity index (χ2v) is 3.07. The first-order valence-electron chi connectivity index (χ1n) is 4.29. The van der Waals surface area contributed by atoms with E-state index in [4.69, 9.17) is 11.2 Å². The Kier molecular flexibility index (Phi) is 1.99. The molecule has 68 valence electrons. The number of aromatic nitrogens is 1. The van der Waals surface area contributed by atoms with E-state index in [1.165, 1.54) is 0 Å². The fourth-order valence-electron chi connectivity index (χ4n) is 1.69. The molecule has 1 aliphatic rings. The number of fused-ring (bicyclic) bond motifs is 1. The lowest BCUT2D eigenvalue weighted by Gasteiger charge is -1.99. The molecular formula is C10H11NO2. The van der Waals surface area contributed by atoms with Crippen molar-refractivity contribution in [3.63, 3.8) is 0 Å². The van der Waals surface area contributed by atoms with Crippen LogP contribution in [0.1, 0.15) is 16.8 Å². The molecule has 0 amide bonds. The van der Waals surface area contributed by atoms with E-state index in [1.54, 1.807) is 6.20 Å². The first kappa shape index (κ1) is 8.21. The van der Waals surface area contributed by atoms with Gasteiger partial charge in [-0.25, -0.2) is 0 Å². The number of ether oxygens (including phenoxy) is 1. The predicted molar refractivity (Wildman–Crippen MR) is 47.8 cm³/mol. The zero-order valence-electron chi connectivity index (χ0n) is 7.29. The third-order valence-corrected chi connectivity index (χ3v) is 2.34. The SMILES string of the molecule is C#Cc1cn(O)c2c1CCOCC2. The normalized spacial score (nSPS) is 15.9. The van der Waals surface area contributed by atoms with Crippen molar-refractivity contribution in [3.05, 3.63) is 23.0 Å². The Morgan fingerprint density at radius 2 is 2.23 bits per heavy atom. The van der Waals surface area contributed by atoms with Gasteiger partial charge in [-0.3, -0.25) is 0 Å². The maximum absolute atomic E-state index is 9.50. The van der Waals surface area contributed by atoms with Gasteiger partial charge in [-0.05, 0) is 12.0 Å². The van der Waals surface area contributed by atoms with Crippen LogP contribution in [0.3, 0.4) is 0 Å². The first-order valence-corrected chi connectivity index (χ1v) is 4.29. The third kappa shape index (κ3) is 1.30. The van der Waals surface area contributed by atoms with E-state index in [2.05, 4.69) is 5.92 Å². The summed E-state index contributed by atoms with van der Waals surface area (Å²) in [6, 6.07) is 0. The minimum atomic E-state index is 0.654. The quantitative estimate of drug-likeness (QED) is 0.470. The molecular weight excluding hydrogens is 166 g/mol. The molecule has 0 saturated heterocycles. The van der Waals surface area contributed by atoms with Gasteiger partial charge in [-0.1, -0.05) is 5.92 Å². The minimum absolute atomic E-state index is 0.654. The molecule has 0 fully saturated rings. The third-order valence-electron chi connectivity index (χ3n) is 2.34.